The molecule has 3 rings (SSSR count). The van der Waals surface area contributed by atoms with Crippen LogP contribution >= 0.6 is 0 Å². The predicted octanol–water partition coefficient (Wildman–Crippen LogP) is 3.52. The number of rotatable bonds is 4. The van der Waals surface area contributed by atoms with Crippen molar-refractivity contribution in [1.29, 1.82) is 0 Å². The summed E-state index contributed by atoms with van der Waals surface area (Å²) >= 11 is 0. The first-order valence-electron chi connectivity index (χ1n) is 7.16. The van der Waals surface area contributed by atoms with E-state index in [-0.39, 0.29) is 6.04 Å². The van der Waals surface area contributed by atoms with Gasteiger partial charge in [-0.1, -0.05) is 18.6 Å². The van der Waals surface area contributed by atoms with Crippen molar-refractivity contribution in [3.05, 3.63) is 29.8 Å². The molecule has 2 bridgehead atoms. The van der Waals surface area contributed by atoms with Crippen LogP contribution in [0.5, 0.6) is 5.75 Å². The van der Waals surface area contributed by atoms with E-state index in [9.17, 15) is 0 Å². The summed E-state index contributed by atoms with van der Waals surface area (Å²) in [5.74, 6) is 3.77. The first-order chi connectivity index (χ1) is 8.76. The molecule has 0 aromatic heterocycles. The van der Waals surface area contributed by atoms with Gasteiger partial charge in [0.1, 0.15) is 5.75 Å². The summed E-state index contributed by atoms with van der Waals surface area (Å²) in [6.45, 7) is 0. The summed E-state index contributed by atoms with van der Waals surface area (Å²) < 4.78 is 5.18. The Morgan fingerprint density at radius 1 is 1.22 bits per heavy atom. The fourth-order valence-electron chi connectivity index (χ4n) is 3.98. The Morgan fingerprint density at radius 3 is 2.56 bits per heavy atom. The number of nitrogens with two attached hydrogens (primary N) is 1. The molecule has 18 heavy (non-hydrogen) atoms. The van der Waals surface area contributed by atoms with Crippen molar-refractivity contribution >= 4 is 0 Å². The molecule has 2 saturated carbocycles. The Kier molecular flexibility index (Phi) is 3.29. The Hall–Kier alpha value is -1.02. The molecule has 98 valence electrons. The second kappa shape index (κ2) is 4.93. The Bertz CT molecular complexity index is 400. The van der Waals surface area contributed by atoms with Crippen LogP contribution in [0, 0.1) is 17.8 Å². The minimum atomic E-state index is 0.195. The molecule has 2 nitrogen and oxygen atoms in total. The van der Waals surface area contributed by atoms with E-state index >= 15 is 0 Å². The highest BCUT2D eigenvalue weighted by molar-refractivity contribution is 5.29. The van der Waals surface area contributed by atoms with Crippen molar-refractivity contribution < 1.29 is 4.74 Å². The average Bonchev–Trinajstić information content (AvgIpc) is 3.01. The Labute approximate surface area is 110 Å². The summed E-state index contributed by atoms with van der Waals surface area (Å²) in [4.78, 5) is 0. The molecule has 0 saturated heterocycles. The van der Waals surface area contributed by atoms with E-state index < -0.39 is 0 Å². The lowest BCUT2D eigenvalue weighted by molar-refractivity contribution is 0.296. The summed E-state index contributed by atoms with van der Waals surface area (Å²) in [5.41, 5.74) is 7.61. The number of benzene rings is 1. The zero-order chi connectivity index (χ0) is 12.5. The zero-order valence-electron chi connectivity index (χ0n) is 11.1. The number of hydrogen-bond acceptors (Lipinski definition) is 2. The van der Waals surface area contributed by atoms with Gasteiger partial charge in [-0.15, -0.1) is 0 Å². The van der Waals surface area contributed by atoms with E-state index in [0.29, 0.717) is 0 Å². The van der Waals surface area contributed by atoms with Crippen LogP contribution < -0.4 is 10.5 Å². The van der Waals surface area contributed by atoms with E-state index in [1.807, 2.05) is 12.1 Å². The van der Waals surface area contributed by atoms with Crippen molar-refractivity contribution in [1.82, 2.24) is 0 Å². The summed E-state index contributed by atoms with van der Waals surface area (Å²) in [6, 6.07) is 8.43. The van der Waals surface area contributed by atoms with Crippen LogP contribution in [-0.4, -0.2) is 7.11 Å². The SMILES string of the molecule is COc1ccc(C(N)CC2CC3CCC2C3)cc1. The highest BCUT2D eigenvalue weighted by atomic mass is 16.5. The highest BCUT2D eigenvalue weighted by Crippen LogP contribution is 2.50. The van der Waals surface area contributed by atoms with Gasteiger partial charge in [0.25, 0.3) is 0 Å². The van der Waals surface area contributed by atoms with Crippen LogP contribution in [0.3, 0.4) is 0 Å². The van der Waals surface area contributed by atoms with E-state index in [1.54, 1.807) is 7.11 Å². The van der Waals surface area contributed by atoms with Crippen LogP contribution in [-0.2, 0) is 0 Å². The average molecular weight is 245 g/mol. The molecule has 0 heterocycles. The molecule has 0 spiro atoms. The molecule has 2 aliphatic carbocycles. The molecule has 0 aliphatic heterocycles. The number of hydrogen-bond donors (Lipinski definition) is 1. The molecule has 1 aromatic rings. The van der Waals surface area contributed by atoms with Gasteiger partial charge >= 0.3 is 0 Å². The van der Waals surface area contributed by atoms with Gasteiger partial charge in [0.15, 0.2) is 0 Å². The molecule has 1 aromatic carbocycles. The molecule has 0 amide bonds. The van der Waals surface area contributed by atoms with Gasteiger partial charge < -0.3 is 10.5 Å². The van der Waals surface area contributed by atoms with Crippen LogP contribution in [0.1, 0.15) is 43.7 Å². The Morgan fingerprint density at radius 2 is 2.00 bits per heavy atom. The molecule has 4 atom stereocenters. The first-order valence-corrected chi connectivity index (χ1v) is 7.16. The van der Waals surface area contributed by atoms with E-state index in [1.165, 1.54) is 31.2 Å². The van der Waals surface area contributed by atoms with Gasteiger partial charge in [-0.3, -0.25) is 0 Å². The van der Waals surface area contributed by atoms with Gasteiger partial charge in [0.2, 0.25) is 0 Å². The second-order valence-corrected chi connectivity index (χ2v) is 6.05. The van der Waals surface area contributed by atoms with Gasteiger partial charge in [0, 0.05) is 6.04 Å². The fourth-order valence-corrected chi connectivity index (χ4v) is 3.98. The second-order valence-electron chi connectivity index (χ2n) is 6.05. The lowest BCUT2D eigenvalue weighted by atomic mass is 9.83. The predicted molar refractivity (Wildman–Crippen MR) is 73.5 cm³/mol. The minimum Gasteiger partial charge on any atom is -0.497 e. The monoisotopic (exact) mass is 245 g/mol. The number of ether oxygens (including phenoxy) is 1. The molecule has 2 heteroatoms. The van der Waals surface area contributed by atoms with E-state index in [0.717, 1.165) is 29.9 Å². The van der Waals surface area contributed by atoms with Gasteiger partial charge in [-0.05, 0) is 61.1 Å². The lowest BCUT2D eigenvalue weighted by Crippen LogP contribution is -2.19. The molecule has 4 unspecified atom stereocenters. The first kappa shape index (κ1) is 12.0. The van der Waals surface area contributed by atoms with Crippen molar-refractivity contribution in [2.75, 3.05) is 7.11 Å². The maximum atomic E-state index is 6.36. The van der Waals surface area contributed by atoms with Crippen LogP contribution in [0.4, 0.5) is 0 Å². The van der Waals surface area contributed by atoms with Crippen molar-refractivity contribution in [2.45, 2.75) is 38.1 Å². The number of fused-ring (bicyclic) bond motifs is 2. The minimum absolute atomic E-state index is 0.195. The Balaban J connectivity index is 1.62. The quantitative estimate of drug-likeness (QED) is 0.881. The number of methoxy groups -OCH3 is 1. The molecular weight excluding hydrogens is 222 g/mol. The van der Waals surface area contributed by atoms with Crippen LogP contribution in [0.25, 0.3) is 0 Å². The van der Waals surface area contributed by atoms with E-state index in [2.05, 4.69) is 12.1 Å². The van der Waals surface area contributed by atoms with Crippen molar-refractivity contribution in [3.8, 4) is 5.75 Å². The van der Waals surface area contributed by atoms with Crippen molar-refractivity contribution in [2.24, 2.45) is 23.5 Å². The maximum Gasteiger partial charge on any atom is 0.118 e. The standard InChI is InChI=1S/C16H23NO/c1-18-15-6-4-12(5-7-15)16(17)10-14-9-11-2-3-13(14)8-11/h4-7,11,13-14,16H,2-3,8-10,17H2,1H3. The smallest absolute Gasteiger partial charge is 0.118 e. The van der Waals surface area contributed by atoms with E-state index in [4.69, 9.17) is 10.5 Å². The largest absolute Gasteiger partial charge is 0.497 e. The van der Waals surface area contributed by atoms with Gasteiger partial charge in [-0.25, -0.2) is 0 Å². The topological polar surface area (TPSA) is 35.2 Å². The third-order valence-corrected chi connectivity index (χ3v) is 4.99. The molecule has 2 N–H and O–H groups in total. The molecular formula is C16H23NO. The highest BCUT2D eigenvalue weighted by Gasteiger charge is 2.39. The van der Waals surface area contributed by atoms with Crippen molar-refractivity contribution in [3.63, 3.8) is 0 Å². The van der Waals surface area contributed by atoms with Crippen LogP contribution in [0.2, 0.25) is 0 Å². The zero-order valence-corrected chi connectivity index (χ0v) is 11.1. The summed E-state index contributed by atoms with van der Waals surface area (Å²) in [5, 5.41) is 0. The third-order valence-electron chi connectivity index (χ3n) is 4.99. The third kappa shape index (κ3) is 2.26. The van der Waals surface area contributed by atoms with Crippen LogP contribution in [0.15, 0.2) is 24.3 Å². The maximum absolute atomic E-state index is 6.36. The molecule has 2 fully saturated rings. The van der Waals surface area contributed by atoms with Gasteiger partial charge in [0.05, 0.1) is 7.11 Å². The van der Waals surface area contributed by atoms with Gasteiger partial charge in [-0.2, -0.15) is 0 Å². The molecule has 2 aliphatic rings. The summed E-state index contributed by atoms with van der Waals surface area (Å²) in [7, 11) is 1.70. The molecule has 0 radical (unpaired) electrons. The normalized spacial score (nSPS) is 31.6. The summed E-state index contributed by atoms with van der Waals surface area (Å²) in [6.07, 6.45) is 6.98. The fraction of sp³-hybridized carbons (Fsp3) is 0.625. The lowest BCUT2D eigenvalue weighted by Gasteiger charge is -2.25.